The number of likely N-dealkylation sites (tertiary alicyclic amines) is 1. The number of hydrogen-bond acceptors (Lipinski definition) is 3. The van der Waals surface area contributed by atoms with E-state index in [4.69, 9.17) is 10.5 Å². The van der Waals surface area contributed by atoms with E-state index in [-0.39, 0.29) is 11.6 Å². The Labute approximate surface area is 107 Å². The van der Waals surface area contributed by atoms with E-state index in [1.807, 2.05) is 0 Å². The number of methoxy groups -OCH3 is 1. The van der Waals surface area contributed by atoms with E-state index in [2.05, 4.69) is 25.7 Å². The third kappa shape index (κ3) is 3.21. The minimum atomic E-state index is -0.0280. The summed E-state index contributed by atoms with van der Waals surface area (Å²) in [5.74, 6) is 0. The van der Waals surface area contributed by atoms with Crippen molar-refractivity contribution in [1.29, 1.82) is 0 Å². The molecule has 3 atom stereocenters. The monoisotopic (exact) mass is 242 g/mol. The first-order valence-electron chi connectivity index (χ1n) is 7.09. The Hall–Kier alpha value is -0.120. The van der Waals surface area contributed by atoms with Crippen molar-refractivity contribution in [2.75, 3.05) is 20.2 Å². The molecule has 2 N–H and O–H groups in total. The molecule has 0 aromatic heterocycles. The van der Waals surface area contributed by atoms with Crippen LogP contribution in [0.1, 0.15) is 52.9 Å². The van der Waals surface area contributed by atoms with Gasteiger partial charge in [-0.15, -0.1) is 0 Å². The third-order valence-electron chi connectivity index (χ3n) is 4.65. The van der Waals surface area contributed by atoms with E-state index in [1.165, 1.54) is 38.6 Å². The highest BCUT2D eigenvalue weighted by molar-refractivity contribution is 4.96. The summed E-state index contributed by atoms with van der Waals surface area (Å²) in [6.45, 7) is 8.52. The number of ether oxygens (including phenoxy) is 1. The molecule has 0 amide bonds. The maximum Gasteiger partial charge on any atom is 0.0736 e. The van der Waals surface area contributed by atoms with Crippen molar-refractivity contribution in [3.05, 3.63) is 0 Å². The number of nitrogens with two attached hydrogens (primary N) is 1. The molecular formula is C14H30N2O. The molecule has 0 radical (unpaired) electrons. The molecule has 1 aliphatic rings. The first-order valence-corrected chi connectivity index (χ1v) is 7.09. The lowest BCUT2D eigenvalue weighted by Crippen LogP contribution is -2.61. The van der Waals surface area contributed by atoms with Crippen molar-refractivity contribution in [1.82, 2.24) is 4.90 Å². The smallest absolute Gasteiger partial charge is 0.0736 e. The van der Waals surface area contributed by atoms with Crippen molar-refractivity contribution in [2.45, 2.75) is 70.6 Å². The Morgan fingerprint density at radius 3 is 2.65 bits per heavy atom. The molecule has 3 unspecified atom stereocenters. The van der Waals surface area contributed by atoms with Gasteiger partial charge in [-0.25, -0.2) is 0 Å². The largest absolute Gasteiger partial charge is 0.380 e. The van der Waals surface area contributed by atoms with Crippen molar-refractivity contribution < 1.29 is 4.74 Å². The van der Waals surface area contributed by atoms with E-state index in [1.54, 1.807) is 7.11 Å². The lowest BCUT2D eigenvalue weighted by atomic mass is 9.90. The summed E-state index contributed by atoms with van der Waals surface area (Å²) in [4.78, 5) is 2.62. The molecule has 3 heteroatoms. The van der Waals surface area contributed by atoms with Gasteiger partial charge in [0.2, 0.25) is 0 Å². The van der Waals surface area contributed by atoms with E-state index in [0.29, 0.717) is 12.6 Å². The van der Waals surface area contributed by atoms with E-state index in [0.717, 1.165) is 0 Å². The molecule has 3 nitrogen and oxygen atoms in total. The minimum Gasteiger partial charge on any atom is -0.380 e. The molecule has 1 saturated heterocycles. The predicted molar refractivity (Wildman–Crippen MR) is 73.2 cm³/mol. The maximum absolute atomic E-state index is 6.06. The highest BCUT2D eigenvalue weighted by atomic mass is 16.5. The summed E-state index contributed by atoms with van der Waals surface area (Å²) in [6.07, 6.45) is 6.71. The zero-order valence-electron chi connectivity index (χ0n) is 12.0. The quantitative estimate of drug-likeness (QED) is 0.804. The van der Waals surface area contributed by atoms with Crippen molar-refractivity contribution in [2.24, 2.45) is 5.73 Å². The molecule has 1 fully saturated rings. The first kappa shape index (κ1) is 14.9. The number of rotatable bonds is 5. The van der Waals surface area contributed by atoms with Gasteiger partial charge in [-0.1, -0.05) is 19.8 Å². The van der Waals surface area contributed by atoms with Gasteiger partial charge < -0.3 is 10.5 Å². The normalized spacial score (nSPS) is 28.4. The average molecular weight is 242 g/mol. The minimum absolute atomic E-state index is 0.0280. The predicted octanol–water partition coefficient (Wildman–Crippen LogP) is 2.39. The molecule has 0 saturated carbocycles. The van der Waals surface area contributed by atoms with Crippen LogP contribution in [0.3, 0.4) is 0 Å². The fraction of sp³-hybridized carbons (Fsp3) is 1.00. The fourth-order valence-corrected chi connectivity index (χ4v) is 3.04. The zero-order valence-corrected chi connectivity index (χ0v) is 12.0. The lowest BCUT2D eigenvalue weighted by Gasteiger charge is -2.47. The number of nitrogens with zero attached hydrogens (tertiary/aromatic N) is 1. The van der Waals surface area contributed by atoms with Gasteiger partial charge in [0.1, 0.15) is 0 Å². The van der Waals surface area contributed by atoms with Crippen LogP contribution >= 0.6 is 0 Å². The van der Waals surface area contributed by atoms with Gasteiger partial charge in [0.15, 0.2) is 0 Å². The SMILES string of the molecule is CCC1CCCCCN1C(C)(CN)C(C)OC. The van der Waals surface area contributed by atoms with Crippen LogP contribution in [-0.2, 0) is 4.74 Å². The maximum atomic E-state index is 6.06. The van der Waals surface area contributed by atoms with Crippen LogP contribution in [0, 0.1) is 0 Å². The topological polar surface area (TPSA) is 38.5 Å². The van der Waals surface area contributed by atoms with Crippen LogP contribution in [0.25, 0.3) is 0 Å². The summed E-state index contributed by atoms with van der Waals surface area (Å²) >= 11 is 0. The second-order valence-electron chi connectivity index (χ2n) is 5.54. The first-order chi connectivity index (χ1) is 8.10. The molecule has 102 valence electrons. The van der Waals surface area contributed by atoms with Crippen molar-refractivity contribution in [3.63, 3.8) is 0 Å². The van der Waals surface area contributed by atoms with Gasteiger partial charge in [0, 0.05) is 19.7 Å². The Morgan fingerprint density at radius 1 is 1.41 bits per heavy atom. The molecule has 0 aromatic carbocycles. The molecule has 0 bridgehead atoms. The Balaban J connectivity index is 2.89. The van der Waals surface area contributed by atoms with E-state index < -0.39 is 0 Å². The van der Waals surface area contributed by atoms with Crippen LogP contribution in [-0.4, -0.2) is 42.8 Å². The second kappa shape index (κ2) is 6.72. The Kier molecular flexibility index (Phi) is 5.90. The fourth-order valence-electron chi connectivity index (χ4n) is 3.04. The van der Waals surface area contributed by atoms with Gasteiger partial charge >= 0.3 is 0 Å². The lowest BCUT2D eigenvalue weighted by molar-refractivity contribution is -0.0506. The van der Waals surface area contributed by atoms with Crippen LogP contribution in [0.5, 0.6) is 0 Å². The molecule has 17 heavy (non-hydrogen) atoms. The summed E-state index contributed by atoms with van der Waals surface area (Å²) in [5.41, 5.74) is 6.03. The highest BCUT2D eigenvalue weighted by Gasteiger charge is 2.39. The van der Waals surface area contributed by atoms with Gasteiger partial charge in [-0.2, -0.15) is 0 Å². The van der Waals surface area contributed by atoms with Gasteiger partial charge in [0.05, 0.1) is 11.6 Å². The zero-order chi connectivity index (χ0) is 12.9. The summed E-state index contributed by atoms with van der Waals surface area (Å²) in [5, 5.41) is 0. The summed E-state index contributed by atoms with van der Waals surface area (Å²) < 4.78 is 5.57. The van der Waals surface area contributed by atoms with Crippen LogP contribution in [0.4, 0.5) is 0 Å². The number of hydrogen-bond donors (Lipinski definition) is 1. The Morgan fingerprint density at radius 2 is 2.12 bits per heavy atom. The standard InChI is InChI=1S/C14H30N2O/c1-5-13-9-7-6-8-10-16(13)14(3,11-15)12(2)17-4/h12-13H,5-11,15H2,1-4H3. The van der Waals surface area contributed by atoms with Gasteiger partial charge in [-0.3, -0.25) is 4.90 Å². The summed E-state index contributed by atoms with van der Waals surface area (Å²) in [6, 6.07) is 0.670. The molecule has 0 spiro atoms. The molecule has 1 aliphatic heterocycles. The highest BCUT2D eigenvalue weighted by Crippen LogP contribution is 2.29. The van der Waals surface area contributed by atoms with Crippen molar-refractivity contribution in [3.8, 4) is 0 Å². The van der Waals surface area contributed by atoms with Crippen LogP contribution in [0.2, 0.25) is 0 Å². The van der Waals surface area contributed by atoms with Gasteiger partial charge in [-0.05, 0) is 39.7 Å². The third-order valence-corrected chi connectivity index (χ3v) is 4.65. The molecule has 1 rings (SSSR count). The van der Waals surface area contributed by atoms with E-state index in [9.17, 15) is 0 Å². The molecular weight excluding hydrogens is 212 g/mol. The van der Waals surface area contributed by atoms with Crippen LogP contribution < -0.4 is 5.73 Å². The van der Waals surface area contributed by atoms with Gasteiger partial charge in [0.25, 0.3) is 0 Å². The molecule has 0 aliphatic carbocycles. The molecule has 1 heterocycles. The average Bonchev–Trinajstić information content (AvgIpc) is 2.61. The Bertz CT molecular complexity index is 222. The molecule has 0 aromatic rings. The van der Waals surface area contributed by atoms with E-state index >= 15 is 0 Å². The summed E-state index contributed by atoms with van der Waals surface area (Å²) in [7, 11) is 1.79. The van der Waals surface area contributed by atoms with Crippen LogP contribution in [0.15, 0.2) is 0 Å². The van der Waals surface area contributed by atoms with Crippen molar-refractivity contribution >= 4 is 0 Å². The second-order valence-corrected chi connectivity index (χ2v) is 5.54.